The van der Waals surface area contributed by atoms with Crippen LogP contribution < -0.4 is 5.73 Å². The zero-order valence-electron chi connectivity index (χ0n) is 31.9. The number of methoxy groups -OCH3 is 2. The van der Waals surface area contributed by atoms with Crippen LogP contribution in [0.5, 0.6) is 0 Å². The number of aliphatic hydroxyl groups excluding tert-OH is 1. The minimum atomic E-state index is -0.820. The number of hydrogen-bond donors (Lipinski definition) is 2. The molecular formula is C41H63NO11. The van der Waals surface area contributed by atoms with Gasteiger partial charge in [0.1, 0.15) is 18.0 Å². The van der Waals surface area contributed by atoms with Crippen molar-refractivity contribution in [3.8, 4) is 0 Å². The lowest BCUT2D eigenvalue weighted by Gasteiger charge is -2.47. The third kappa shape index (κ3) is 7.86. The SMILES string of the molecule is C=C1C[C@@H]2CC[C@]34C[C@@H](OC)[C@H](O3)[C@H]3C[C@@H](O4)[C@H]4O[C@H](CC[C@@H]4O3)CC(=O)C[C@@H]3[C@@H](OC)[C@@H](C[C@H](O)CN)O[C@H]3C[C@H]3O[C@@H](CC[C@@H]1O2)C[C@@H](C)C3=C. The summed E-state index contributed by atoms with van der Waals surface area (Å²) in [5.74, 6) is -0.653. The van der Waals surface area contributed by atoms with Crippen molar-refractivity contribution >= 4 is 5.78 Å². The van der Waals surface area contributed by atoms with Crippen molar-refractivity contribution in [3.05, 3.63) is 24.3 Å². The average molecular weight is 746 g/mol. The molecule has 0 amide bonds. The fraction of sp³-hybridized carbons (Fsp3) is 0.878. The monoisotopic (exact) mass is 745 g/mol. The molecule has 0 radical (unpaired) electrons. The van der Waals surface area contributed by atoms with Gasteiger partial charge in [0.2, 0.25) is 0 Å². The second-order valence-electron chi connectivity index (χ2n) is 17.4. The Balaban J connectivity index is 1.06. The normalized spacial score (nSPS) is 49.6. The van der Waals surface area contributed by atoms with Gasteiger partial charge < -0.3 is 53.5 Å². The quantitative estimate of drug-likeness (QED) is 0.391. The maximum absolute atomic E-state index is 14.1. The van der Waals surface area contributed by atoms with Crippen molar-refractivity contribution in [2.75, 3.05) is 20.8 Å². The van der Waals surface area contributed by atoms with Crippen LogP contribution in [0.15, 0.2) is 24.3 Å². The number of Topliss-reactive ketones (excluding diaryl/α,β-unsaturated/α-hetero) is 1. The summed E-state index contributed by atoms with van der Waals surface area (Å²) in [6, 6.07) is 0. The van der Waals surface area contributed by atoms with E-state index in [9.17, 15) is 9.90 Å². The largest absolute Gasteiger partial charge is 0.392 e. The van der Waals surface area contributed by atoms with Crippen molar-refractivity contribution in [1.29, 1.82) is 0 Å². The number of nitrogens with two attached hydrogens (primary N) is 1. The van der Waals surface area contributed by atoms with Gasteiger partial charge in [0.15, 0.2) is 5.79 Å². The van der Waals surface area contributed by atoms with Gasteiger partial charge in [-0.25, -0.2) is 0 Å². The zero-order valence-corrected chi connectivity index (χ0v) is 31.9. The molecule has 0 aromatic rings. The summed E-state index contributed by atoms with van der Waals surface area (Å²) in [6.07, 6.45) is 5.80. The Morgan fingerprint density at radius 3 is 2.40 bits per heavy atom. The van der Waals surface area contributed by atoms with E-state index < -0.39 is 18.0 Å². The molecule has 0 aromatic carbocycles. The molecule has 0 aromatic heterocycles. The van der Waals surface area contributed by atoms with Crippen molar-refractivity contribution in [2.24, 2.45) is 17.6 Å². The summed E-state index contributed by atoms with van der Waals surface area (Å²) < 4.78 is 59.5. The third-order valence-electron chi connectivity index (χ3n) is 13.9. The van der Waals surface area contributed by atoms with Gasteiger partial charge in [-0.2, -0.15) is 0 Å². The molecule has 8 aliphatic heterocycles. The van der Waals surface area contributed by atoms with E-state index in [-0.39, 0.29) is 110 Å². The first-order chi connectivity index (χ1) is 25.5. The summed E-state index contributed by atoms with van der Waals surface area (Å²) in [7, 11) is 3.40. The van der Waals surface area contributed by atoms with Crippen LogP contribution in [0.1, 0.15) is 96.8 Å². The highest BCUT2D eigenvalue weighted by molar-refractivity contribution is 5.79. The molecule has 12 nitrogen and oxygen atoms in total. The fourth-order valence-corrected chi connectivity index (χ4v) is 11.0. The van der Waals surface area contributed by atoms with Crippen LogP contribution in [0, 0.1) is 11.8 Å². The number of ketones is 1. The molecule has 298 valence electrons. The standard InChI is InChI=1S/C41H63NO11/c1-21-12-26-6-8-30-22(2)13-28(47-30)10-11-41-19-37(45-4)40(53-41)35-18-36(52-41)39-31(50-35)9-7-27(49-39)14-24(43)15-29-33(17-32(48-26)23(21)3)51-34(38(29)46-5)16-25(44)20-42/h21,25-40,44H,2-3,6-20,42H2,1,4-5H3/t21-,25+,26+,27-,28+,29+,30+,31+,32-,33+,34-,35-,36-,37-,38-,39+,40-,41-/m1/s1. The summed E-state index contributed by atoms with van der Waals surface area (Å²) in [6.45, 7) is 11.3. The molecule has 0 saturated carbocycles. The number of rotatable bonds is 5. The van der Waals surface area contributed by atoms with Crippen LogP contribution in [0.4, 0.5) is 0 Å². The molecule has 8 saturated heterocycles. The van der Waals surface area contributed by atoms with Crippen LogP contribution in [0.25, 0.3) is 0 Å². The lowest BCUT2D eigenvalue weighted by molar-refractivity contribution is -0.277. The highest BCUT2D eigenvalue weighted by Gasteiger charge is 2.60. The maximum atomic E-state index is 14.1. The van der Waals surface area contributed by atoms with Crippen LogP contribution in [-0.4, -0.2) is 129 Å². The Kier molecular flexibility index (Phi) is 11.6. The van der Waals surface area contributed by atoms with E-state index in [4.69, 9.17) is 48.4 Å². The predicted molar refractivity (Wildman–Crippen MR) is 193 cm³/mol. The molecule has 12 heteroatoms. The van der Waals surface area contributed by atoms with Crippen LogP contribution in [0.3, 0.4) is 0 Å². The molecule has 18 atom stereocenters. The fourth-order valence-electron chi connectivity index (χ4n) is 11.0. The molecule has 10 bridgehead atoms. The average Bonchev–Trinajstić information content (AvgIpc) is 3.77. The lowest BCUT2D eigenvalue weighted by Crippen LogP contribution is -2.58. The Bertz CT molecular complexity index is 1350. The molecular weight excluding hydrogens is 682 g/mol. The van der Waals surface area contributed by atoms with E-state index in [0.29, 0.717) is 38.5 Å². The number of fused-ring (bicyclic) bond motifs is 9. The first-order valence-electron chi connectivity index (χ1n) is 20.5. The number of carbonyl (C=O) groups excluding carboxylic acids is 1. The topological polar surface area (TPSA) is 146 Å². The molecule has 3 N–H and O–H groups in total. The van der Waals surface area contributed by atoms with Crippen molar-refractivity contribution in [1.82, 2.24) is 0 Å². The second-order valence-corrected chi connectivity index (χ2v) is 17.4. The van der Waals surface area contributed by atoms with E-state index in [1.807, 2.05) is 0 Å². The van der Waals surface area contributed by atoms with E-state index in [0.717, 1.165) is 56.1 Å². The Morgan fingerprint density at radius 1 is 0.811 bits per heavy atom. The minimum Gasteiger partial charge on any atom is -0.392 e. The van der Waals surface area contributed by atoms with Crippen molar-refractivity contribution < 1.29 is 52.5 Å². The molecule has 0 unspecified atom stereocenters. The summed E-state index contributed by atoms with van der Waals surface area (Å²) in [4.78, 5) is 14.1. The van der Waals surface area contributed by atoms with E-state index in [2.05, 4.69) is 20.1 Å². The lowest BCUT2D eigenvalue weighted by atomic mass is 9.81. The molecule has 8 aliphatic rings. The number of hydrogen-bond acceptors (Lipinski definition) is 12. The van der Waals surface area contributed by atoms with Gasteiger partial charge in [0.25, 0.3) is 0 Å². The summed E-state index contributed by atoms with van der Waals surface area (Å²) in [5, 5.41) is 10.5. The smallest absolute Gasteiger partial charge is 0.172 e. The summed E-state index contributed by atoms with van der Waals surface area (Å²) >= 11 is 0. The van der Waals surface area contributed by atoms with Gasteiger partial charge in [-0.1, -0.05) is 20.1 Å². The van der Waals surface area contributed by atoms with Crippen molar-refractivity contribution in [3.63, 3.8) is 0 Å². The molecule has 1 spiro atoms. The molecule has 8 heterocycles. The first-order valence-corrected chi connectivity index (χ1v) is 20.5. The minimum absolute atomic E-state index is 0.0245. The van der Waals surface area contributed by atoms with Crippen molar-refractivity contribution in [2.45, 2.75) is 194 Å². The highest BCUT2D eigenvalue weighted by Crippen LogP contribution is 2.50. The highest BCUT2D eigenvalue weighted by atomic mass is 16.7. The number of aliphatic hydroxyl groups is 1. The predicted octanol–water partition coefficient (Wildman–Crippen LogP) is 4.08. The van der Waals surface area contributed by atoms with Crippen LogP contribution in [0.2, 0.25) is 0 Å². The van der Waals surface area contributed by atoms with Gasteiger partial charge in [-0.05, 0) is 62.0 Å². The van der Waals surface area contributed by atoms with Gasteiger partial charge in [0, 0.05) is 71.6 Å². The van der Waals surface area contributed by atoms with E-state index in [1.54, 1.807) is 14.2 Å². The van der Waals surface area contributed by atoms with Gasteiger partial charge >= 0.3 is 0 Å². The zero-order chi connectivity index (χ0) is 37.0. The molecule has 53 heavy (non-hydrogen) atoms. The third-order valence-corrected chi connectivity index (χ3v) is 13.9. The molecule has 8 fully saturated rings. The Labute approximate surface area is 314 Å². The van der Waals surface area contributed by atoms with E-state index in [1.165, 1.54) is 0 Å². The Morgan fingerprint density at radius 2 is 1.60 bits per heavy atom. The first kappa shape index (κ1) is 38.6. The molecule has 0 aliphatic carbocycles. The second kappa shape index (κ2) is 15.9. The van der Waals surface area contributed by atoms with Gasteiger partial charge in [0.05, 0.1) is 79.4 Å². The number of ether oxygens (including phenoxy) is 9. The summed E-state index contributed by atoms with van der Waals surface area (Å²) in [5.41, 5.74) is 8.01. The van der Waals surface area contributed by atoms with Crippen LogP contribution >= 0.6 is 0 Å². The Hall–Kier alpha value is -1.29. The number of carbonyl (C=O) groups is 1. The van der Waals surface area contributed by atoms with E-state index >= 15 is 0 Å². The van der Waals surface area contributed by atoms with Crippen LogP contribution in [-0.2, 0) is 47.4 Å². The molecule has 8 rings (SSSR count). The maximum Gasteiger partial charge on any atom is 0.172 e. The van der Waals surface area contributed by atoms with Gasteiger partial charge in [-0.15, -0.1) is 0 Å². The van der Waals surface area contributed by atoms with Gasteiger partial charge in [-0.3, -0.25) is 4.79 Å².